The molecule has 24 heavy (non-hydrogen) atoms. The fraction of sp³-hybridized carbons (Fsp3) is 0.238. The maximum absolute atomic E-state index is 12.4. The summed E-state index contributed by atoms with van der Waals surface area (Å²) in [6.45, 7) is 5.67. The second-order valence-electron chi connectivity index (χ2n) is 6.07. The number of aromatic nitrogens is 1. The van der Waals surface area contributed by atoms with Crippen LogP contribution in [0.5, 0.6) is 0 Å². The second kappa shape index (κ2) is 6.74. The highest BCUT2D eigenvalue weighted by atomic mass is 35.5. The van der Waals surface area contributed by atoms with Gasteiger partial charge in [-0.2, -0.15) is 0 Å². The van der Waals surface area contributed by atoms with Gasteiger partial charge in [0.05, 0.1) is 5.52 Å². The molecule has 3 heteroatoms. The number of nitrogens with zero attached hydrogens (tertiary/aromatic N) is 1. The fourth-order valence-corrected chi connectivity index (χ4v) is 3.49. The SMILES string of the molecule is CCCc1ccccc1-c1c(C(C)=O)c(C)nc2cc(Cl)ccc12. The number of ketones is 1. The molecule has 3 rings (SSSR count). The van der Waals surface area contributed by atoms with Crippen LogP contribution in [0.3, 0.4) is 0 Å². The van der Waals surface area contributed by atoms with Gasteiger partial charge in [0.25, 0.3) is 0 Å². The van der Waals surface area contributed by atoms with Crippen molar-refractivity contribution in [1.82, 2.24) is 4.98 Å². The molecule has 1 aromatic heterocycles. The number of fused-ring (bicyclic) bond motifs is 1. The summed E-state index contributed by atoms with van der Waals surface area (Å²) >= 11 is 6.15. The summed E-state index contributed by atoms with van der Waals surface area (Å²) in [5.74, 6) is 0.0400. The van der Waals surface area contributed by atoms with E-state index in [0.29, 0.717) is 10.6 Å². The smallest absolute Gasteiger partial charge is 0.162 e. The highest BCUT2D eigenvalue weighted by Gasteiger charge is 2.19. The largest absolute Gasteiger partial charge is 0.294 e. The summed E-state index contributed by atoms with van der Waals surface area (Å²) in [5, 5.41) is 1.62. The minimum atomic E-state index is 0.0400. The molecule has 0 unspecified atom stereocenters. The zero-order valence-corrected chi connectivity index (χ0v) is 14.9. The van der Waals surface area contributed by atoms with E-state index in [9.17, 15) is 4.79 Å². The van der Waals surface area contributed by atoms with Crippen molar-refractivity contribution in [2.75, 3.05) is 0 Å². The van der Waals surface area contributed by atoms with Crippen LogP contribution in [-0.2, 0) is 6.42 Å². The fourth-order valence-electron chi connectivity index (χ4n) is 3.32. The second-order valence-corrected chi connectivity index (χ2v) is 6.51. The van der Waals surface area contributed by atoms with E-state index >= 15 is 0 Å². The lowest BCUT2D eigenvalue weighted by Crippen LogP contribution is -2.05. The molecule has 0 radical (unpaired) electrons. The van der Waals surface area contributed by atoms with Gasteiger partial charge in [-0.05, 0) is 43.5 Å². The van der Waals surface area contributed by atoms with Gasteiger partial charge in [0.15, 0.2) is 5.78 Å². The zero-order valence-electron chi connectivity index (χ0n) is 14.2. The zero-order chi connectivity index (χ0) is 17.3. The van der Waals surface area contributed by atoms with Crippen LogP contribution in [0.15, 0.2) is 42.5 Å². The van der Waals surface area contributed by atoms with Crippen molar-refractivity contribution in [3.05, 3.63) is 64.3 Å². The molecule has 0 aliphatic carbocycles. The Kier molecular flexibility index (Phi) is 4.68. The third-order valence-corrected chi connectivity index (χ3v) is 4.52. The first-order valence-electron chi connectivity index (χ1n) is 8.22. The van der Waals surface area contributed by atoms with E-state index in [1.165, 1.54) is 5.56 Å². The molecule has 0 aliphatic rings. The maximum Gasteiger partial charge on any atom is 0.162 e. The Bertz CT molecular complexity index is 931. The van der Waals surface area contributed by atoms with Crippen LogP contribution >= 0.6 is 11.6 Å². The average Bonchev–Trinajstić information content (AvgIpc) is 2.54. The number of pyridine rings is 1. The van der Waals surface area contributed by atoms with Gasteiger partial charge in [-0.1, -0.05) is 55.3 Å². The van der Waals surface area contributed by atoms with Crippen molar-refractivity contribution in [2.24, 2.45) is 0 Å². The molecule has 0 amide bonds. The lowest BCUT2D eigenvalue weighted by atomic mass is 9.89. The van der Waals surface area contributed by atoms with Crippen molar-refractivity contribution < 1.29 is 4.79 Å². The number of halogens is 1. The van der Waals surface area contributed by atoms with Crippen LogP contribution in [0.25, 0.3) is 22.0 Å². The number of rotatable bonds is 4. The van der Waals surface area contributed by atoms with E-state index in [2.05, 4.69) is 30.1 Å². The summed E-state index contributed by atoms with van der Waals surface area (Å²) in [6, 6.07) is 14.0. The lowest BCUT2D eigenvalue weighted by molar-refractivity contribution is 0.101. The molecule has 0 fully saturated rings. The van der Waals surface area contributed by atoms with Crippen LogP contribution in [0.4, 0.5) is 0 Å². The van der Waals surface area contributed by atoms with E-state index in [1.807, 2.05) is 31.2 Å². The Balaban J connectivity index is 2.45. The first kappa shape index (κ1) is 16.7. The highest BCUT2D eigenvalue weighted by Crippen LogP contribution is 2.36. The first-order valence-corrected chi connectivity index (χ1v) is 8.59. The molecule has 122 valence electrons. The minimum Gasteiger partial charge on any atom is -0.294 e. The normalized spacial score (nSPS) is 11.0. The Hall–Kier alpha value is -2.19. The van der Waals surface area contributed by atoms with Crippen molar-refractivity contribution >= 4 is 28.3 Å². The number of carbonyl (C=O) groups excluding carboxylic acids is 1. The predicted molar refractivity (Wildman–Crippen MR) is 101 cm³/mol. The molecule has 2 nitrogen and oxygen atoms in total. The predicted octanol–water partition coefficient (Wildman–Crippen LogP) is 6.02. The van der Waals surface area contributed by atoms with Crippen LogP contribution in [0, 0.1) is 6.92 Å². The van der Waals surface area contributed by atoms with Gasteiger partial charge in [0.2, 0.25) is 0 Å². The molecular weight excluding hydrogens is 318 g/mol. The van der Waals surface area contributed by atoms with Crippen molar-refractivity contribution in [3.63, 3.8) is 0 Å². The van der Waals surface area contributed by atoms with E-state index in [-0.39, 0.29) is 5.78 Å². The topological polar surface area (TPSA) is 30.0 Å². The number of Topliss-reactive ketones (excluding diaryl/α,β-unsaturated/α-hetero) is 1. The van der Waals surface area contributed by atoms with Gasteiger partial charge >= 0.3 is 0 Å². The third-order valence-electron chi connectivity index (χ3n) is 4.29. The number of hydrogen-bond acceptors (Lipinski definition) is 2. The van der Waals surface area contributed by atoms with Crippen LogP contribution in [0.1, 0.15) is 41.9 Å². The minimum absolute atomic E-state index is 0.0400. The molecule has 3 aromatic rings. The van der Waals surface area contributed by atoms with Crippen molar-refractivity contribution in [1.29, 1.82) is 0 Å². The quantitative estimate of drug-likeness (QED) is 0.545. The van der Waals surface area contributed by atoms with Gasteiger partial charge in [0.1, 0.15) is 0 Å². The van der Waals surface area contributed by atoms with E-state index in [4.69, 9.17) is 11.6 Å². The summed E-state index contributed by atoms with van der Waals surface area (Å²) in [4.78, 5) is 17.0. The molecule has 1 heterocycles. The standard InChI is InChI=1S/C21H20ClNO/c1-4-7-15-8-5-6-9-17(15)21-18-11-10-16(22)12-19(18)23-13(2)20(21)14(3)24/h5-6,8-12H,4,7H2,1-3H3. The Morgan fingerprint density at radius 3 is 2.62 bits per heavy atom. The molecule has 0 N–H and O–H groups in total. The van der Waals surface area contributed by atoms with Gasteiger partial charge < -0.3 is 0 Å². The average molecular weight is 338 g/mol. The lowest BCUT2D eigenvalue weighted by Gasteiger charge is -2.17. The van der Waals surface area contributed by atoms with E-state index in [1.54, 1.807) is 6.92 Å². The molecule has 0 atom stereocenters. The summed E-state index contributed by atoms with van der Waals surface area (Å²) in [5.41, 5.74) is 5.62. The highest BCUT2D eigenvalue weighted by molar-refractivity contribution is 6.31. The van der Waals surface area contributed by atoms with Crippen LogP contribution < -0.4 is 0 Å². The van der Waals surface area contributed by atoms with E-state index in [0.717, 1.165) is 40.6 Å². The molecule has 0 saturated carbocycles. The summed E-state index contributed by atoms with van der Waals surface area (Å²) in [7, 11) is 0. The molecular formula is C21H20ClNO. The molecule has 0 spiro atoms. The number of carbonyl (C=O) groups is 1. The Labute approximate surface area is 147 Å². The van der Waals surface area contributed by atoms with Gasteiger partial charge in [0, 0.05) is 27.2 Å². The summed E-state index contributed by atoms with van der Waals surface area (Å²) < 4.78 is 0. The third kappa shape index (κ3) is 2.94. The van der Waals surface area contributed by atoms with Crippen LogP contribution in [-0.4, -0.2) is 10.8 Å². The maximum atomic E-state index is 12.4. The van der Waals surface area contributed by atoms with Crippen LogP contribution in [0.2, 0.25) is 5.02 Å². The van der Waals surface area contributed by atoms with Gasteiger partial charge in [-0.25, -0.2) is 0 Å². The van der Waals surface area contributed by atoms with Gasteiger partial charge in [-0.3, -0.25) is 9.78 Å². The monoisotopic (exact) mass is 337 g/mol. The number of aryl methyl sites for hydroxylation is 2. The molecule has 0 aliphatic heterocycles. The van der Waals surface area contributed by atoms with E-state index < -0.39 is 0 Å². The first-order chi connectivity index (χ1) is 11.5. The molecule has 0 saturated heterocycles. The molecule has 0 bridgehead atoms. The Morgan fingerprint density at radius 2 is 1.92 bits per heavy atom. The van der Waals surface area contributed by atoms with Crippen molar-refractivity contribution in [2.45, 2.75) is 33.6 Å². The van der Waals surface area contributed by atoms with Gasteiger partial charge in [-0.15, -0.1) is 0 Å². The number of benzene rings is 2. The number of hydrogen-bond donors (Lipinski definition) is 0. The molecule has 2 aromatic carbocycles. The Morgan fingerprint density at radius 1 is 1.17 bits per heavy atom. The summed E-state index contributed by atoms with van der Waals surface area (Å²) in [6.07, 6.45) is 2.03. The van der Waals surface area contributed by atoms with Crippen molar-refractivity contribution in [3.8, 4) is 11.1 Å².